The predicted molar refractivity (Wildman–Crippen MR) is 95.3 cm³/mol. The number of carbonyl (C=O) groups excluding carboxylic acids is 1. The average Bonchev–Trinajstić information content (AvgIpc) is 3.11. The van der Waals surface area contributed by atoms with Crippen molar-refractivity contribution in [3.63, 3.8) is 0 Å². The van der Waals surface area contributed by atoms with Crippen molar-refractivity contribution in [3.05, 3.63) is 71.5 Å². The topological polar surface area (TPSA) is 65.4 Å². The number of amides is 1. The predicted octanol–water partition coefficient (Wildman–Crippen LogP) is 4.43. The van der Waals surface area contributed by atoms with Crippen LogP contribution in [0.3, 0.4) is 0 Å². The van der Waals surface area contributed by atoms with E-state index in [0.29, 0.717) is 10.8 Å². The fraction of sp³-hybridized carbons (Fsp3) is 0.111. The third kappa shape index (κ3) is 4.95. The maximum Gasteiger partial charge on any atom is 0.387 e. The number of hydrogen-bond acceptors (Lipinski definition) is 4. The molecule has 0 radical (unpaired) electrons. The number of alkyl halides is 2. The van der Waals surface area contributed by atoms with Crippen molar-refractivity contribution in [2.75, 3.05) is 5.32 Å². The highest BCUT2D eigenvalue weighted by molar-refractivity contribution is 6.30. The molecule has 2 aromatic carbocycles. The first kappa shape index (κ1) is 18.7. The van der Waals surface area contributed by atoms with E-state index in [1.54, 1.807) is 30.3 Å². The van der Waals surface area contributed by atoms with Crippen LogP contribution in [0.4, 0.5) is 14.5 Å². The Labute approximate surface area is 158 Å². The second-order valence-electron chi connectivity index (χ2n) is 5.27. The molecular weight excluding hydrogens is 380 g/mol. The number of halogens is 3. The van der Waals surface area contributed by atoms with Crippen molar-refractivity contribution in [2.45, 2.75) is 13.3 Å². The summed E-state index contributed by atoms with van der Waals surface area (Å²) in [6.45, 7) is -3.02. The average molecular weight is 394 g/mol. The van der Waals surface area contributed by atoms with Gasteiger partial charge in [0.05, 0.1) is 5.69 Å². The highest BCUT2D eigenvalue weighted by Gasteiger charge is 2.16. The van der Waals surface area contributed by atoms with Crippen LogP contribution in [0.25, 0.3) is 0 Å². The largest absolute Gasteiger partial charge is 0.471 e. The number of ether oxygens (including phenoxy) is 2. The zero-order valence-electron chi connectivity index (χ0n) is 13.8. The summed E-state index contributed by atoms with van der Waals surface area (Å²) in [5.41, 5.74) is 0.310. The van der Waals surface area contributed by atoms with Crippen molar-refractivity contribution < 1.29 is 23.0 Å². The van der Waals surface area contributed by atoms with Gasteiger partial charge in [0, 0.05) is 11.2 Å². The molecule has 3 rings (SSSR count). The minimum atomic E-state index is -3.00. The molecule has 1 N–H and O–H groups in total. The van der Waals surface area contributed by atoms with E-state index in [1.807, 2.05) is 0 Å². The van der Waals surface area contributed by atoms with E-state index >= 15 is 0 Å². The molecule has 0 aliphatic heterocycles. The number of benzene rings is 2. The van der Waals surface area contributed by atoms with Crippen LogP contribution in [0.5, 0.6) is 11.5 Å². The second-order valence-corrected chi connectivity index (χ2v) is 5.71. The third-order valence-electron chi connectivity index (χ3n) is 3.47. The summed E-state index contributed by atoms with van der Waals surface area (Å²) in [4.78, 5) is 12.5. The molecular formula is C18H14ClF2N3O3. The van der Waals surface area contributed by atoms with E-state index in [4.69, 9.17) is 16.3 Å². The van der Waals surface area contributed by atoms with Gasteiger partial charge in [0.2, 0.25) is 0 Å². The molecule has 0 bridgehead atoms. The van der Waals surface area contributed by atoms with E-state index in [-0.39, 0.29) is 23.9 Å². The summed E-state index contributed by atoms with van der Waals surface area (Å²) in [5, 5.41) is 7.14. The molecule has 3 aromatic rings. The number of para-hydroxylation sites is 2. The Hall–Kier alpha value is -3.13. The van der Waals surface area contributed by atoms with E-state index < -0.39 is 12.5 Å². The number of nitrogens with one attached hydrogen (secondary N) is 1. The molecule has 1 amide bonds. The molecule has 0 aliphatic rings. The van der Waals surface area contributed by atoms with Crippen LogP contribution in [0, 0.1) is 0 Å². The summed E-state index contributed by atoms with van der Waals surface area (Å²) < 4.78 is 36.3. The first-order valence-electron chi connectivity index (χ1n) is 7.78. The van der Waals surface area contributed by atoms with Gasteiger partial charge in [-0.05, 0) is 42.5 Å². The molecule has 0 aliphatic carbocycles. The first-order valence-corrected chi connectivity index (χ1v) is 8.16. The van der Waals surface area contributed by atoms with Gasteiger partial charge in [0.1, 0.15) is 17.2 Å². The standard InChI is InChI=1S/C18H14ClF2N3O3/c19-12-5-7-13(8-6-12)26-11-24-15(9-10-22-24)17(25)23-14-3-1-2-4-16(14)27-18(20)21/h1-10,18H,11H2,(H,23,25). The lowest BCUT2D eigenvalue weighted by molar-refractivity contribution is -0.0493. The lowest BCUT2D eigenvalue weighted by Gasteiger charge is -2.13. The molecule has 1 heterocycles. The highest BCUT2D eigenvalue weighted by atomic mass is 35.5. The van der Waals surface area contributed by atoms with Crippen LogP contribution in [-0.2, 0) is 6.73 Å². The van der Waals surface area contributed by atoms with Crippen LogP contribution < -0.4 is 14.8 Å². The fourth-order valence-corrected chi connectivity index (χ4v) is 2.38. The van der Waals surface area contributed by atoms with Crippen molar-refractivity contribution >= 4 is 23.2 Å². The number of hydrogen-bond donors (Lipinski definition) is 1. The lowest BCUT2D eigenvalue weighted by atomic mass is 10.3. The van der Waals surface area contributed by atoms with E-state index in [1.165, 1.54) is 35.1 Å². The molecule has 0 fully saturated rings. The van der Waals surface area contributed by atoms with E-state index in [9.17, 15) is 13.6 Å². The van der Waals surface area contributed by atoms with Crippen LogP contribution in [0.2, 0.25) is 5.02 Å². The van der Waals surface area contributed by atoms with E-state index in [0.717, 1.165) is 0 Å². The molecule has 9 heteroatoms. The number of rotatable bonds is 7. The zero-order valence-corrected chi connectivity index (χ0v) is 14.6. The van der Waals surface area contributed by atoms with Gasteiger partial charge < -0.3 is 14.8 Å². The Kier molecular flexibility index (Phi) is 5.87. The normalized spacial score (nSPS) is 10.7. The lowest BCUT2D eigenvalue weighted by Crippen LogP contribution is -2.20. The number of nitrogens with zero attached hydrogens (tertiary/aromatic N) is 2. The Bertz CT molecular complexity index is 916. The van der Waals surface area contributed by atoms with Crippen LogP contribution in [0.15, 0.2) is 60.8 Å². The van der Waals surface area contributed by atoms with Gasteiger partial charge in [-0.25, -0.2) is 4.68 Å². The first-order chi connectivity index (χ1) is 13.0. The van der Waals surface area contributed by atoms with E-state index in [2.05, 4.69) is 15.2 Å². The van der Waals surface area contributed by atoms with Crippen LogP contribution in [-0.4, -0.2) is 22.3 Å². The number of carbonyl (C=O) groups is 1. The summed E-state index contributed by atoms with van der Waals surface area (Å²) >= 11 is 5.82. The maximum atomic E-state index is 12.5. The number of aromatic nitrogens is 2. The Morgan fingerprint density at radius 1 is 1.15 bits per heavy atom. The summed E-state index contributed by atoms with van der Waals surface area (Å²) in [5.74, 6) is -0.126. The SMILES string of the molecule is O=C(Nc1ccccc1OC(F)F)c1ccnn1COc1ccc(Cl)cc1. The van der Waals surface area contributed by atoms with Crippen molar-refractivity contribution in [1.82, 2.24) is 9.78 Å². The van der Waals surface area contributed by atoms with Gasteiger partial charge in [0.25, 0.3) is 5.91 Å². The van der Waals surface area contributed by atoms with Gasteiger partial charge in [-0.3, -0.25) is 4.79 Å². The molecule has 0 saturated heterocycles. The number of anilines is 1. The molecule has 0 saturated carbocycles. The maximum absolute atomic E-state index is 12.5. The Morgan fingerprint density at radius 3 is 2.63 bits per heavy atom. The van der Waals surface area contributed by atoms with Crippen molar-refractivity contribution in [1.29, 1.82) is 0 Å². The molecule has 0 unspecified atom stereocenters. The Balaban J connectivity index is 1.70. The summed E-state index contributed by atoms with van der Waals surface area (Å²) in [7, 11) is 0. The third-order valence-corrected chi connectivity index (χ3v) is 3.72. The molecule has 0 atom stereocenters. The smallest absolute Gasteiger partial charge is 0.387 e. The van der Waals surface area contributed by atoms with Gasteiger partial charge in [-0.15, -0.1) is 0 Å². The monoisotopic (exact) mass is 393 g/mol. The van der Waals surface area contributed by atoms with Crippen molar-refractivity contribution in [2.24, 2.45) is 0 Å². The Morgan fingerprint density at radius 2 is 1.89 bits per heavy atom. The molecule has 1 aromatic heterocycles. The van der Waals surface area contributed by atoms with Gasteiger partial charge in [0.15, 0.2) is 6.73 Å². The minimum absolute atomic E-state index is 0.0213. The second kappa shape index (κ2) is 8.50. The highest BCUT2D eigenvalue weighted by Crippen LogP contribution is 2.26. The van der Waals surface area contributed by atoms with Gasteiger partial charge in [-0.2, -0.15) is 13.9 Å². The quantitative estimate of drug-likeness (QED) is 0.645. The summed E-state index contributed by atoms with van der Waals surface area (Å²) in [6.07, 6.45) is 1.43. The molecule has 6 nitrogen and oxygen atoms in total. The molecule has 140 valence electrons. The molecule has 0 spiro atoms. The minimum Gasteiger partial charge on any atom is -0.471 e. The van der Waals surface area contributed by atoms with Crippen molar-refractivity contribution in [3.8, 4) is 11.5 Å². The zero-order chi connectivity index (χ0) is 19.2. The fourth-order valence-electron chi connectivity index (χ4n) is 2.25. The van der Waals surface area contributed by atoms with Crippen LogP contribution >= 0.6 is 11.6 Å². The molecule has 27 heavy (non-hydrogen) atoms. The van der Waals surface area contributed by atoms with Crippen LogP contribution in [0.1, 0.15) is 10.5 Å². The van der Waals surface area contributed by atoms with Gasteiger partial charge in [-0.1, -0.05) is 23.7 Å². The van der Waals surface area contributed by atoms with Gasteiger partial charge >= 0.3 is 6.61 Å². The summed E-state index contributed by atoms with van der Waals surface area (Å²) in [6, 6.07) is 14.1.